The predicted octanol–water partition coefficient (Wildman–Crippen LogP) is 2.43. The van der Waals surface area contributed by atoms with Crippen LogP contribution in [0.1, 0.15) is 42.9 Å². The Hall–Kier alpha value is -3.78. The largest absolute Gasteiger partial charge is 0.481 e. The number of hydrogen-bond acceptors (Lipinski definition) is 9. The molecule has 0 spiro atoms. The van der Waals surface area contributed by atoms with Gasteiger partial charge in [0.2, 0.25) is 0 Å². The van der Waals surface area contributed by atoms with E-state index in [0.717, 1.165) is 46.1 Å². The molecule has 43 heavy (non-hydrogen) atoms. The molecule has 1 aromatic heterocycles. The van der Waals surface area contributed by atoms with Crippen molar-refractivity contribution in [3.8, 4) is 11.1 Å². The fourth-order valence-corrected chi connectivity index (χ4v) is 5.30. The molecular weight excluding hydrogens is 565 g/mol. The highest BCUT2D eigenvalue weighted by Gasteiger charge is 2.48. The van der Waals surface area contributed by atoms with Gasteiger partial charge in [-0.25, -0.2) is 9.18 Å². The highest BCUT2D eigenvalue weighted by molar-refractivity contribution is 5.99. The number of carbonyl (C=O) groups is 2. The molecule has 3 aromatic rings. The van der Waals surface area contributed by atoms with E-state index in [-0.39, 0.29) is 18.2 Å². The number of benzene rings is 2. The Balaban J connectivity index is 1.43. The fourth-order valence-electron chi connectivity index (χ4n) is 5.30. The summed E-state index contributed by atoms with van der Waals surface area (Å²) in [4.78, 5) is 27.9. The number of aliphatic hydroxyl groups is 4. The molecule has 0 amide bonds. The van der Waals surface area contributed by atoms with Crippen molar-refractivity contribution in [2.24, 2.45) is 0 Å². The first-order chi connectivity index (χ1) is 20.5. The number of rotatable bonds is 11. The molecule has 228 valence electrons. The molecule has 6 N–H and O–H groups in total. The van der Waals surface area contributed by atoms with Crippen LogP contribution in [0.15, 0.2) is 54.6 Å². The summed E-state index contributed by atoms with van der Waals surface area (Å²) >= 11 is 0. The standard InChI is InChI=1S/C31H32FNO10/c32-17-9-7-15(8-10-17)24-20-3-1-2-4-22(20)33-25(16-5-6-16)21(24)12-11-18(34)13-19(14-23(35)36)42-31-28(39)26(37)27(38)29(43-31)30(40)41/h1-4,7-12,16,18-19,26-29,31,34,37-39H,5-6,13-14H2,(H,35,36)(H,40,41). The van der Waals surface area contributed by atoms with Gasteiger partial charge in [0, 0.05) is 28.9 Å². The van der Waals surface area contributed by atoms with Gasteiger partial charge in [-0.3, -0.25) is 9.78 Å². The topological polar surface area (TPSA) is 187 Å². The fraction of sp³-hybridized carbons (Fsp3) is 0.387. The summed E-state index contributed by atoms with van der Waals surface area (Å²) in [6.07, 6.45) is -7.90. The molecule has 1 aliphatic heterocycles. The van der Waals surface area contributed by atoms with E-state index < -0.39 is 61.3 Å². The van der Waals surface area contributed by atoms with Gasteiger partial charge in [0.15, 0.2) is 12.4 Å². The monoisotopic (exact) mass is 597 g/mol. The summed E-state index contributed by atoms with van der Waals surface area (Å²) in [5.74, 6) is -3.09. The van der Waals surface area contributed by atoms with Crippen LogP contribution in [0.25, 0.3) is 28.1 Å². The van der Waals surface area contributed by atoms with E-state index in [1.807, 2.05) is 24.3 Å². The summed E-state index contributed by atoms with van der Waals surface area (Å²) in [6, 6.07) is 13.6. The van der Waals surface area contributed by atoms with E-state index in [4.69, 9.17) is 14.5 Å². The maximum absolute atomic E-state index is 13.8. The normalized spacial score (nSPS) is 25.6. The van der Waals surface area contributed by atoms with Gasteiger partial charge in [0.25, 0.3) is 0 Å². The van der Waals surface area contributed by atoms with Gasteiger partial charge < -0.3 is 40.1 Å². The van der Waals surface area contributed by atoms with Crippen molar-refractivity contribution < 1.29 is 54.1 Å². The third-order valence-corrected chi connectivity index (χ3v) is 7.59. The van der Waals surface area contributed by atoms with Crippen LogP contribution < -0.4 is 0 Å². The second-order valence-corrected chi connectivity index (χ2v) is 10.8. The highest BCUT2D eigenvalue weighted by atomic mass is 19.1. The maximum Gasteiger partial charge on any atom is 0.335 e. The molecule has 2 heterocycles. The van der Waals surface area contributed by atoms with Crippen molar-refractivity contribution in [3.05, 3.63) is 71.7 Å². The van der Waals surface area contributed by atoms with Crippen molar-refractivity contribution in [2.75, 3.05) is 0 Å². The van der Waals surface area contributed by atoms with E-state index in [1.54, 1.807) is 18.2 Å². The average Bonchev–Trinajstić information content (AvgIpc) is 3.81. The van der Waals surface area contributed by atoms with Crippen LogP contribution in [0, 0.1) is 5.82 Å². The number of carboxylic acid groups (broad SMARTS) is 2. The lowest BCUT2D eigenvalue weighted by molar-refractivity contribution is -0.305. The first kappa shape index (κ1) is 30.7. The second kappa shape index (κ2) is 12.8. The Morgan fingerprint density at radius 1 is 1.02 bits per heavy atom. The molecule has 2 aromatic carbocycles. The van der Waals surface area contributed by atoms with Crippen molar-refractivity contribution in [2.45, 2.75) is 74.5 Å². The first-order valence-electron chi connectivity index (χ1n) is 13.9. The highest BCUT2D eigenvalue weighted by Crippen LogP contribution is 2.45. The van der Waals surface area contributed by atoms with Gasteiger partial charge in [0.05, 0.1) is 29.8 Å². The molecule has 2 aliphatic rings. The van der Waals surface area contributed by atoms with Gasteiger partial charge in [0.1, 0.15) is 24.1 Å². The number of ether oxygens (including phenoxy) is 2. The Labute approximate surface area is 245 Å². The van der Waals surface area contributed by atoms with Crippen molar-refractivity contribution in [3.63, 3.8) is 0 Å². The Morgan fingerprint density at radius 2 is 1.72 bits per heavy atom. The number of aliphatic hydroxyl groups excluding tert-OH is 4. The lowest BCUT2D eigenvalue weighted by atomic mass is 9.92. The van der Waals surface area contributed by atoms with Gasteiger partial charge in [-0.2, -0.15) is 0 Å². The summed E-state index contributed by atoms with van der Waals surface area (Å²) in [5, 5.41) is 60.8. The smallest absolute Gasteiger partial charge is 0.335 e. The van der Waals surface area contributed by atoms with E-state index in [9.17, 15) is 44.6 Å². The number of hydrogen-bond donors (Lipinski definition) is 6. The third kappa shape index (κ3) is 6.90. The summed E-state index contributed by atoms with van der Waals surface area (Å²) in [6.45, 7) is 0. The molecule has 5 rings (SSSR count). The minimum atomic E-state index is -1.94. The number of carboxylic acids is 2. The summed E-state index contributed by atoms with van der Waals surface area (Å²) in [5.41, 5.74) is 3.88. The molecule has 0 bridgehead atoms. The molecule has 0 radical (unpaired) electrons. The SMILES string of the molecule is O=C(O)CC(CC(O)C=Cc1c(C2CC2)nc2ccccc2c1-c1ccc(F)cc1)OC1OC(C(=O)O)C(O)C(O)C1O. The Kier molecular flexibility index (Phi) is 9.16. The number of halogens is 1. The van der Waals surface area contributed by atoms with E-state index in [1.165, 1.54) is 18.2 Å². The van der Waals surface area contributed by atoms with Gasteiger partial charge in [-0.15, -0.1) is 0 Å². The zero-order valence-corrected chi connectivity index (χ0v) is 22.9. The molecule has 11 nitrogen and oxygen atoms in total. The van der Waals surface area contributed by atoms with Crippen LogP contribution in [-0.2, 0) is 19.1 Å². The van der Waals surface area contributed by atoms with Crippen molar-refractivity contribution in [1.29, 1.82) is 0 Å². The van der Waals surface area contributed by atoms with Crippen LogP contribution >= 0.6 is 0 Å². The summed E-state index contributed by atoms with van der Waals surface area (Å²) < 4.78 is 24.5. The van der Waals surface area contributed by atoms with Gasteiger partial charge >= 0.3 is 11.9 Å². The Bertz CT molecular complexity index is 1510. The van der Waals surface area contributed by atoms with Crippen LogP contribution in [-0.4, -0.2) is 90.5 Å². The number of pyridine rings is 1. The molecule has 12 heteroatoms. The lowest BCUT2D eigenvalue weighted by Crippen LogP contribution is -2.60. The number of para-hydroxylation sites is 1. The quantitative estimate of drug-likeness (QED) is 0.191. The zero-order chi connectivity index (χ0) is 30.8. The van der Waals surface area contributed by atoms with Crippen molar-refractivity contribution >= 4 is 28.9 Å². The number of aromatic nitrogens is 1. The van der Waals surface area contributed by atoms with E-state index >= 15 is 0 Å². The van der Waals surface area contributed by atoms with E-state index in [2.05, 4.69) is 0 Å². The molecular formula is C31H32FNO10. The third-order valence-electron chi connectivity index (χ3n) is 7.59. The average molecular weight is 598 g/mol. The second-order valence-electron chi connectivity index (χ2n) is 10.8. The minimum absolute atomic E-state index is 0.206. The van der Waals surface area contributed by atoms with Gasteiger partial charge in [-0.1, -0.05) is 42.5 Å². The molecule has 7 atom stereocenters. The van der Waals surface area contributed by atoms with Crippen LogP contribution in [0.3, 0.4) is 0 Å². The number of nitrogens with zero attached hydrogens (tertiary/aromatic N) is 1. The predicted molar refractivity (Wildman–Crippen MR) is 150 cm³/mol. The van der Waals surface area contributed by atoms with Crippen LogP contribution in [0.4, 0.5) is 4.39 Å². The lowest BCUT2D eigenvalue weighted by Gasteiger charge is -2.39. The van der Waals surface area contributed by atoms with Gasteiger partial charge in [-0.05, 0) is 36.6 Å². The maximum atomic E-state index is 13.8. The number of aliphatic carboxylic acids is 2. The Morgan fingerprint density at radius 3 is 2.37 bits per heavy atom. The minimum Gasteiger partial charge on any atom is -0.481 e. The molecule has 7 unspecified atom stereocenters. The van der Waals surface area contributed by atoms with E-state index in [0.29, 0.717) is 0 Å². The molecule has 1 saturated heterocycles. The van der Waals surface area contributed by atoms with Crippen LogP contribution in [0.5, 0.6) is 0 Å². The van der Waals surface area contributed by atoms with Crippen LogP contribution in [0.2, 0.25) is 0 Å². The number of fused-ring (bicyclic) bond motifs is 1. The molecule has 2 fully saturated rings. The van der Waals surface area contributed by atoms with Crippen molar-refractivity contribution in [1.82, 2.24) is 4.98 Å². The summed E-state index contributed by atoms with van der Waals surface area (Å²) in [7, 11) is 0. The first-order valence-corrected chi connectivity index (χ1v) is 13.9. The zero-order valence-electron chi connectivity index (χ0n) is 22.9. The molecule has 1 saturated carbocycles. The molecule has 1 aliphatic carbocycles.